The fraction of sp³-hybridized carbons (Fsp3) is 0.588. The maximum Gasteiger partial charge on any atom is 0.101 e. The third-order valence-corrected chi connectivity index (χ3v) is 4.42. The van der Waals surface area contributed by atoms with Crippen molar-refractivity contribution in [1.82, 2.24) is 5.32 Å². The fourth-order valence-electron chi connectivity index (χ4n) is 3.16. The van der Waals surface area contributed by atoms with Crippen LogP contribution < -0.4 is 10.2 Å². The Kier molecular flexibility index (Phi) is 3.93. The summed E-state index contributed by atoms with van der Waals surface area (Å²) in [7, 11) is 0. The van der Waals surface area contributed by atoms with Gasteiger partial charge < -0.3 is 10.2 Å². The minimum absolute atomic E-state index is 0.658. The van der Waals surface area contributed by atoms with Crippen LogP contribution in [0.4, 0.5) is 5.69 Å². The SMILES string of the molecule is Cc1ccc(C#N)c(N(CC2CCCNC2)C2CC2)c1. The van der Waals surface area contributed by atoms with Crippen molar-refractivity contribution in [3.63, 3.8) is 0 Å². The van der Waals surface area contributed by atoms with E-state index in [0.29, 0.717) is 6.04 Å². The quantitative estimate of drug-likeness (QED) is 0.913. The van der Waals surface area contributed by atoms with Crippen LogP contribution in [0.1, 0.15) is 36.8 Å². The first kappa shape index (κ1) is 13.5. The normalized spacial score (nSPS) is 22.3. The number of hydrogen-bond acceptors (Lipinski definition) is 3. The lowest BCUT2D eigenvalue weighted by atomic mass is 9.98. The predicted molar refractivity (Wildman–Crippen MR) is 81.9 cm³/mol. The van der Waals surface area contributed by atoms with Crippen LogP contribution in [0, 0.1) is 24.2 Å². The molecule has 0 spiro atoms. The number of hydrogen-bond donors (Lipinski definition) is 1. The maximum atomic E-state index is 9.38. The molecule has 1 saturated carbocycles. The molecule has 0 bridgehead atoms. The minimum atomic E-state index is 0.658. The Labute approximate surface area is 121 Å². The summed E-state index contributed by atoms with van der Waals surface area (Å²) in [6, 6.07) is 9.22. The van der Waals surface area contributed by atoms with Crippen LogP contribution in [-0.4, -0.2) is 25.7 Å². The summed E-state index contributed by atoms with van der Waals surface area (Å²) in [5.41, 5.74) is 3.22. The third-order valence-electron chi connectivity index (χ3n) is 4.42. The van der Waals surface area contributed by atoms with E-state index in [2.05, 4.69) is 29.3 Å². The standard InChI is InChI=1S/C17H23N3/c1-13-4-5-15(10-18)17(9-13)20(16-6-7-16)12-14-3-2-8-19-11-14/h4-5,9,14,16,19H,2-3,6-8,11-12H2,1H3. The molecule has 1 unspecified atom stereocenters. The lowest BCUT2D eigenvalue weighted by Gasteiger charge is -2.32. The molecule has 1 aromatic carbocycles. The molecule has 3 nitrogen and oxygen atoms in total. The summed E-state index contributed by atoms with van der Waals surface area (Å²) in [6.45, 7) is 5.48. The van der Waals surface area contributed by atoms with Crippen molar-refractivity contribution in [2.45, 2.75) is 38.6 Å². The Morgan fingerprint density at radius 2 is 2.20 bits per heavy atom. The highest BCUT2D eigenvalue weighted by Crippen LogP contribution is 2.35. The second-order valence-electron chi connectivity index (χ2n) is 6.23. The van der Waals surface area contributed by atoms with Gasteiger partial charge in [-0.05, 0) is 69.3 Å². The van der Waals surface area contributed by atoms with E-state index in [1.165, 1.54) is 31.2 Å². The van der Waals surface area contributed by atoms with Gasteiger partial charge in [-0.1, -0.05) is 6.07 Å². The van der Waals surface area contributed by atoms with E-state index in [0.717, 1.165) is 36.8 Å². The van der Waals surface area contributed by atoms with E-state index in [4.69, 9.17) is 0 Å². The molecule has 0 radical (unpaired) electrons. The van der Waals surface area contributed by atoms with Crippen LogP contribution in [-0.2, 0) is 0 Å². The van der Waals surface area contributed by atoms with Gasteiger partial charge in [0.05, 0.1) is 11.3 Å². The molecular weight excluding hydrogens is 246 g/mol. The van der Waals surface area contributed by atoms with E-state index in [1.807, 2.05) is 12.1 Å². The van der Waals surface area contributed by atoms with Crippen molar-refractivity contribution in [3.05, 3.63) is 29.3 Å². The van der Waals surface area contributed by atoms with Gasteiger partial charge in [-0.2, -0.15) is 5.26 Å². The lowest BCUT2D eigenvalue weighted by molar-refractivity contribution is 0.376. The first-order valence-electron chi connectivity index (χ1n) is 7.76. The first-order chi connectivity index (χ1) is 9.78. The van der Waals surface area contributed by atoms with Crippen LogP contribution in [0.3, 0.4) is 0 Å². The molecule has 2 aliphatic rings. The molecule has 3 heteroatoms. The van der Waals surface area contributed by atoms with Crippen LogP contribution in [0.25, 0.3) is 0 Å². The molecule has 2 fully saturated rings. The zero-order chi connectivity index (χ0) is 13.9. The van der Waals surface area contributed by atoms with E-state index in [1.54, 1.807) is 0 Å². The second kappa shape index (κ2) is 5.85. The van der Waals surface area contributed by atoms with Crippen molar-refractivity contribution >= 4 is 5.69 Å². The number of aryl methyl sites for hydroxylation is 1. The molecule has 1 heterocycles. The lowest BCUT2D eigenvalue weighted by Crippen LogP contribution is -2.39. The van der Waals surface area contributed by atoms with Crippen LogP contribution in [0.5, 0.6) is 0 Å². The Hall–Kier alpha value is -1.53. The molecule has 3 rings (SSSR count). The molecule has 1 atom stereocenters. The number of piperidine rings is 1. The van der Waals surface area contributed by atoms with Gasteiger partial charge in [0.1, 0.15) is 6.07 Å². The van der Waals surface area contributed by atoms with Gasteiger partial charge >= 0.3 is 0 Å². The van der Waals surface area contributed by atoms with Crippen LogP contribution in [0.15, 0.2) is 18.2 Å². The Morgan fingerprint density at radius 1 is 1.35 bits per heavy atom. The zero-order valence-corrected chi connectivity index (χ0v) is 12.2. The fourth-order valence-corrected chi connectivity index (χ4v) is 3.16. The highest BCUT2D eigenvalue weighted by molar-refractivity contribution is 5.62. The van der Waals surface area contributed by atoms with Crippen molar-refractivity contribution < 1.29 is 0 Å². The summed E-state index contributed by atoms with van der Waals surface area (Å²) in [6.07, 6.45) is 5.14. The maximum absolute atomic E-state index is 9.38. The smallest absolute Gasteiger partial charge is 0.101 e. The topological polar surface area (TPSA) is 39.1 Å². The minimum Gasteiger partial charge on any atom is -0.367 e. The number of rotatable bonds is 4. The predicted octanol–water partition coefficient (Wildman–Crippen LogP) is 2.84. The van der Waals surface area contributed by atoms with Crippen molar-refractivity contribution in [2.24, 2.45) is 5.92 Å². The largest absolute Gasteiger partial charge is 0.367 e. The molecular formula is C17H23N3. The summed E-state index contributed by atoms with van der Waals surface area (Å²) >= 11 is 0. The van der Waals surface area contributed by atoms with Gasteiger partial charge in [0, 0.05) is 12.6 Å². The van der Waals surface area contributed by atoms with Crippen molar-refractivity contribution in [3.8, 4) is 6.07 Å². The summed E-state index contributed by atoms with van der Waals surface area (Å²) in [5, 5.41) is 12.9. The number of nitrogens with zero attached hydrogens (tertiary/aromatic N) is 2. The van der Waals surface area contributed by atoms with Crippen molar-refractivity contribution in [2.75, 3.05) is 24.5 Å². The highest BCUT2D eigenvalue weighted by Gasteiger charge is 2.32. The number of benzene rings is 1. The number of nitriles is 1. The third kappa shape index (κ3) is 2.96. The van der Waals surface area contributed by atoms with Gasteiger partial charge in [-0.15, -0.1) is 0 Å². The molecule has 106 valence electrons. The Bertz CT molecular complexity index is 507. The average Bonchev–Trinajstić information content (AvgIpc) is 3.30. The molecule has 1 saturated heterocycles. The molecule has 0 amide bonds. The van der Waals surface area contributed by atoms with Gasteiger partial charge in [0.25, 0.3) is 0 Å². The summed E-state index contributed by atoms with van der Waals surface area (Å²) in [5.74, 6) is 0.719. The summed E-state index contributed by atoms with van der Waals surface area (Å²) < 4.78 is 0. The summed E-state index contributed by atoms with van der Waals surface area (Å²) in [4.78, 5) is 2.50. The molecule has 1 aliphatic heterocycles. The number of nitrogens with one attached hydrogen (secondary N) is 1. The molecule has 0 aromatic heterocycles. The Balaban J connectivity index is 1.83. The van der Waals surface area contributed by atoms with E-state index in [9.17, 15) is 5.26 Å². The molecule has 1 aromatic rings. The van der Waals surface area contributed by atoms with Gasteiger partial charge in [-0.25, -0.2) is 0 Å². The molecule has 20 heavy (non-hydrogen) atoms. The van der Waals surface area contributed by atoms with E-state index in [-0.39, 0.29) is 0 Å². The van der Waals surface area contributed by atoms with Gasteiger partial charge in [-0.3, -0.25) is 0 Å². The molecule has 1 N–H and O–H groups in total. The van der Waals surface area contributed by atoms with E-state index >= 15 is 0 Å². The first-order valence-corrected chi connectivity index (χ1v) is 7.76. The van der Waals surface area contributed by atoms with E-state index < -0.39 is 0 Å². The van der Waals surface area contributed by atoms with Gasteiger partial charge in [0.2, 0.25) is 0 Å². The highest BCUT2D eigenvalue weighted by atomic mass is 15.2. The zero-order valence-electron chi connectivity index (χ0n) is 12.2. The molecule has 1 aliphatic carbocycles. The van der Waals surface area contributed by atoms with Crippen LogP contribution >= 0.6 is 0 Å². The van der Waals surface area contributed by atoms with Gasteiger partial charge in [0.15, 0.2) is 0 Å². The number of anilines is 1. The monoisotopic (exact) mass is 269 g/mol. The van der Waals surface area contributed by atoms with Crippen LogP contribution in [0.2, 0.25) is 0 Å². The average molecular weight is 269 g/mol. The van der Waals surface area contributed by atoms with Crippen molar-refractivity contribution in [1.29, 1.82) is 5.26 Å². The Morgan fingerprint density at radius 3 is 2.85 bits per heavy atom. The second-order valence-corrected chi connectivity index (χ2v) is 6.23.